The molecule has 0 saturated heterocycles. The number of carbonyl (C=O) groups is 2. The van der Waals surface area contributed by atoms with Crippen molar-refractivity contribution >= 4 is 11.8 Å². The van der Waals surface area contributed by atoms with Gasteiger partial charge in [0.25, 0.3) is 11.8 Å². The molecular formula is C13H14F2N4O2. The third kappa shape index (κ3) is 2.57. The van der Waals surface area contributed by atoms with E-state index < -0.39 is 35.5 Å². The van der Waals surface area contributed by atoms with Crippen molar-refractivity contribution in [2.45, 2.75) is 25.2 Å². The first kappa shape index (κ1) is 13.8. The van der Waals surface area contributed by atoms with E-state index in [0.29, 0.717) is 12.8 Å². The fraction of sp³-hybridized carbons (Fsp3) is 0.538. The predicted molar refractivity (Wildman–Crippen MR) is 66.9 cm³/mol. The highest BCUT2D eigenvalue weighted by Gasteiger charge is 2.69. The number of carbonyl (C=O) groups excluding carboxylic acids is 2. The van der Waals surface area contributed by atoms with E-state index in [4.69, 9.17) is 0 Å². The van der Waals surface area contributed by atoms with Gasteiger partial charge in [0.2, 0.25) is 5.91 Å². The fourth-order valence-electron chi connectivity index (χ4n) is 2.93. The van der Waals surface area contributed by atoms with Crippen LogP contribution in [-0.4, -0.2) is 27.9 Å². The first-order valence-corrected chi connectivity index (χ1v) is 6.76. The molecule has 0 bridgehead atoms. The van der Waals surface area contributed by atoms with Gasteiger partial charge in [-0.15, -0.1) is 5.10 Å². The average molecular weight is 296 g/mol. The molecule has 2 saturated carbocycles. The van der Waals surface area contributed by atoms with E-state index in [1.54, 1.807) is 6.07 Å². The molecule has 0 unspecified atom stereocenters. The van der Waals surface area contributed by atoms with Crippen molar-refractivity contribution in [3.63, 3.8) is 0 Å². The Bertz CT molecular complexity index is 567. The number of hydrogen-bond acceptors (Lipinski definition) is 4. The van der Waals surface area contributed by atoms with Crippen molar-refractivity contribution in [2.75, 3.05) is 0 Å². The molecule has 3 atom stereocenters. The summed E-state index contributed by atoms with van der Waals surface area (Å²) in [6, 6.07) is 2.99. The largest absolute Gasteiger partial charge is 0.290 e. The van der Waals surface area contributed by atoms with E-state index in [1.807, 2.05) is 0 Å². The maximum atomic E-state index is 13.3. The van der Waals surface area contributed by atoms with E-state index in [-0.39, 0.29) is 12.1 Å². The summed E-state index contributed by atoms with van der Waals surface area (Å²) in [6.07, 6.45) is 2.37. The van der Waals surface area contributed by atoms with Crippen LogP contribution >= 0.6 is 0 Å². The Morgan fingerprint density at radius 1 is 1.24 bits per heavy atom. The van der Waals surface area contributed by atoms with Gasteiger partial charge in [0.1, 0.15) is 0 Å². The maximum absolute atomic E-state index is 13.3. The number of alkyl halides is 2. The minimum absolute atomic E-state index is 0.0650. The number of rotatable bonds is 2. The molecule has 3 rings (SSSR count). The minimum Gasteiger partial charge on any atom is -0.273 e. The van der Waals surface area contributed by atoms with Crippen molar-refractivity contribution < 1.29 is 18.4 Å². The van der Waals surface area contributed by atoms with Crippen molar-refractivity contribution in [1.29, 1.82) is 0 Å². The molecular weight excluding hydrogens is 282 g/mol. The lowest BCUT2D eigenvalue weighted by molar-refractivity contribution is -0.126. The van der Waals surface area contributed by atoms with Crippen LogP contribution in [0.4, 0.5) is 8.78 Å². The Labute approximate surface area is 119 Å². The number of halogens is 2. The van der Waals surface area contributed by atoms with Gasteiger partial charge in [0.15, 0.2) is 5.69 Å². The molecule has 1 aromatic heterocycles. The van der Waals surface area contributed by atoms with Crippen LogP contribution in [0, 0.1) is 17.8 Å². The van der Waals surface area contributed by atoms with E-state index in [2.05, 4.69) is 21.0 Å². The summed E-state index contributed by atoms with van der Waals surface area (Å²) in [5, 5.41) is 7.14. The second-order valence-electron chi connectivity index (χ2n) is 5.45. The summed E-state index contributed by atoms with van der Waals surface area (Å²) in [5.74, 6) is -5.37. The normalized spacial score (nSPS) is 29.1. The third-order valence-corrected chi connectivity index (χ3v) is 4.20. The topological polar surface area (TPSA) is 84.0 Å². The van der Waals surface area contributed by atoms with E-state index in [0.717, 1.165) is 0 Å². The molecule has 2 N–H and O–H groups in total. The van der Waals surface area contributed by atoms with Crippen LogP contribution in [0.25, 0.3) is 0 Å². The number of hydrogen-bond donors (Lipinski definition) is 2. The summed E-state index contributed by atoms with van der Waals surface area (Å²) in [7, 11) is 0. The van der Waals surface area contributed by atoms with Crippen LogP contribution in [0.1, 0.15) is 29.8 Å². The van der Waals surface area contributed by atoms with Gasteiger partial charge in [-0.25, -0.2) is 8.78 Å². The van der Waals surface area contributed by atoms with Gasteiger partial charge in [0, 0.05) is 24.0 Å². The zero-order valence-corrected chi connectivity index (χ0v) is 11.1. The summed E-state index contributed by atoms with van der Waals surface area (Å²) >= 11 is 0. The van der Waals surface area contributed by atoms with Crippen LogP contribution in [-0.2, 0) is 4.79 Å². The lowest BCUT2D eigenvalue weighted by Crippen LogP contribution is -2.45. The molecule has 1 heterocycles. The quantitative estimate of drug-likeness (QED) is 0.795. The van der Waals surface area contributed by atoms with Crippen LogP contribution in [0.5, 0.6) is 0 Å². The summed E-state index contributed by atoms with van der Waals surface area (Å²) in [6.45, 7) is 0. The van der Waals surface area contributed by atoms with Crippen molar-refractivity contribution in [1.82, 2.24) is 21.0 Å². The van der Waals surface area contributed by atoms with Gasteiger partial charge >= 0.3 is 0 Å². The Balaban J connectivity index is 1.50. The molecule has 0 spiro atoms. The highest BCUT2D eigenvalue weighted by molar-refractivity contribution is 5.93. The summed E-state index contributed by atoms with van der Waals surface area (Å²) in [5.41, 5.74) is 4.55. The highest BCUT2D eigenvalue weighted by Crippen LogP contribution is 2.63. The van der Waals surface area contributed by atoms with Crippen molar-refractivity contribution in [3.8, 4) is 0 Å². The molecule has 2 amide bonds. The fourth-order valence-corrected chi connectivity index (χ4v) is 2.93. The van der Waals surface area contributed by atoms with Crippen molar-refractivity contribution in [2.24, 2.45) is 17.8 Å². The highest BCUT2D eigenvalue weighted by atomic mass is 19.3. The van der Waals surface area contributed by atoms with Crippen LogP contribution in [0.3, 0.4) is 0 Å². The summed E-state index contributed by atoms with van der Waals surface area (Å²) in [4.78, 5) is 23.6. The smallest absolute Gasteiger partial charge is 0.273 e. The number of aromatic nitrogens is 2. The van der Waals surface area contributed by atoms with E-state index in [9.17, 15) is 18.4 Å². The van der Waals surface area contributed by atoms with Crippen molar-refractivity contribution in [3.05, 3.63) is 24.0 Å². The molecule has 2 aliphatic rings. The lowest BCUT2D eigenvalue weighted by atomic mass is 9.89. The Hall–Kier alpha value is -2.12. The Morgan fingerprint density at radius 2 is 2.05 bits per heavy atom. The molecule has 8 heteroatoms. The average Bonchev–Trinajstić information content (AvgIpc) is 3.06. The second-order valence-corrected chi connectivity index (χ2v) is 5.45. The SMILES string of the molecule is O=C(NNC(=O)[C@H]1CC[C@@H]2[C@H](C1)C2(F)F)c1cccnn1. The molecule has 2 aliphatic carbocycles. The summed E-state index contributed by atoms with van der Waals surface area (Å²) < 4.78 is 26.5. The maximum Gasteiger partial charge on any atom is 0.290 e. The minimum atomic E-state index is -2.61. The van der Waals surface area contributed by atoms with Gasteiger partial charge in [0.05, 0.1) is 0 Å². The Morgan fingerprint density at radius 3 is 2.71 bits per heavy atom. The number of hydrazine groups is 1. The lowest BCUT2D eigenvalue weighted by Gasteiger charge is -2.19. The Kier molecular flexibility index (Phi) is 3.30. The zero-order valence-electron chi connectivity index (χ0n) is 11.1. The van der Waals surface area contributed by atoms with Crippen LogP contribution in [0.2, 0.25) is 0 Å². The number of nitrogens with one attached hydrogen (secondary N) is 2. The van der Waals surface area contributed by atoms with Gasteiger partial charge in [-0.3, -0.25) is 20.4 Å². The van der Waals surface area contributed by atoms with Crippen LogP contribution in [0.15, 0.2) is 18.3 Å². The first-order valence-electron chi connectivity index (χ1n) is 6.76. The molecule has 21 heavy (non-hydrogen) atoms. The second kappa shape index (κ2) is 5.01. The number of nitrogens with zero attached hydrogens (tertiary/aromatic N) is 2. The predicted octanol–water partition coefficient (Wildman–Crippen LogP) is 0.919. The zero-order chi connectivity index (χ0) is 15.0. The first-order chi connectivity index (χ1) is 10.00. The third-order valence-electron chi connectivity index (χ3n) is 4.20. The molecule has 6 nitrogen and oxygen atoms in total. The van der Waals surface area contributed by atoms with E-state index >= 15 is 0 Å². The number of amides is 2. The molecule has 1 aromatic rings. The van der Waals surface area contributed by atoms with Gasteiger partial charge in [-0.1, -0.05) is 0 Å². The van der Waals surface area contributed by atoms with Crippen LogP contribution < -0.4 is 10.9 Å². The van der Waals surface area contributed by atoms with Gasteiger partial charge in [-0.05, 0) is 31.4 Å². The molecule has 112 valence electrons. The number of fused-ring (bicyclic) bond motifs is 1. The van der Waals surface area contributed by atoms with Gasteiger partial charge < -0.3 is 0 Å². The van der Waals surface area contributed by atoms with Gasteiger partial charge in [-0.2, -0.15) is 5.10 Å². The molecule has 0 aromatic carbocycles. The molecule has 0 radical (unpaired) electrons. The molecule has 0 aliphatic heterocycles. The molecule has 2 fully saturated rings. The standard InChI is InChI=1S/C13H14F2N4O2/c14-13(15)8-4-3-7(6-9(8)13)11(20)18-19-12(21)10-2-1-5-16-17-10/h1-2,5,7-9H,3-4,6H2,(H,18,20)(H,19,21)/t7-,8+,9-/m0/s1. The van der Waals surface area contributed by atoms with E-state index in [1.165, 1.54) is 12.3 Å². The monoisotopic (exact) mass is 296 g/mol.